The lowest BCUT2D eigenvalue weighted by Gasteiger charge is -2.33. The Bertz CT molecular complexity index is 1190. The van der Waals surface area contributed by atoms with Gasteiger partial charge in [-0.25, -0.2) is 0 Å². The van der Waals surface area contributed by atoms with Crippen LogP contribution in [0.1, 0.15) is 48.4 Å². The van der Waals surface area contributed by atoms with Crippen LogP contribution < -0.4 is 5.32 Å². The molecule has 0 fully saturated rings. The molecule has 2 heteroatoms. The average Bonchev–Trinajstić information content (AvgIpc) is 2.72. The van der Waals surface area contributed by atoms with E-state index < -0.39 is 0 Å². The minimum Gasteiger partial charge on any atom is -0.350 e. The number of fused-ring (bicyclic) bond motifs is 3. The van der Waals surface area contributed by atoms with E-state index in [9.17, 15) is 4.79 Å². The molecule has 0 unspecified atom stereocenters. The third-order valence-electron chi connectivity index (χ3n) is 6.00. The highest BCUT2D eigenvalue weighted by Gasteiger charge is 2.29. The molecule has 1 amide bonds. The fraction of sp³-hybridized carbons (Fsp3) is 0.192. The molecule has 0 aliphatic heterocycles. The van der Waals surface area contributed by atoms with Gasteiger partial charge in [-0.15, -0.1) is 0 Å². The van der Waals surface area contributed by atoms with E-state index in [1.165, 1.54) is 38.2 Å². The first-order chi connectivity index (χ1) is 13.7. The van der Waals surface area contributed by atoms with E-state index in [0.717, 1.165) is 12.8 Å². The Kier molecular flexibility index (Phi) is 4.12. The van der Waals surface area contributed by atoms with Crippen molar-refractivity contribution in [2.45, 2.75) is 31.7 Å². The normalized spacial score (nSPS) is 18.8. The van der Waals surface area contributed by atoms with Crippen LogP contribution in [0.3, 0.4) is 0 Å². The monoisotopic (exact) mass is 365 g/mol. The Morgan fingerprint density at radius 1 is 0.750 bits per heavy atom. The lowest BCUT2D eigenvalue weighted by Crippen LogP contribution is -2.30. The van der Waals surface area contributed by atoms with Crippen molar-refractivity contribution in [2.75, 3.05) is 0 Å². The zero-order valence-electron chi connectivity index (χ0n) is 16.0. The molecule has 0 heterocycles. The van der Waals surface area contributed by atoms with Gasteiger partial charge >= 0.3 is 0 Å². The summed E-state index contributed by atoms with van der Waals surface area (Å²) in [6, 6.07) is 28.5. The van der Waals surface area contributed by atoms with Crippen LogP contribution >= 0.6 is 0 Å². The summed E-state index contributed by atoms with van der Waals surface area (Å²) in [4.78, 5) is 11.8. The molecule has 2 atom stereocenters. The van der Waals surface area contributed by atoms with Crippen molar-refractivity contribution < 1.29 is 4.79 Å². The molecule has 0 saturated heterocycles. The predicted molar refractivity (Wildman–Crippen MR) is 116 cm³/mol. The minimum absolute atomic E-state index is 0.0354. The number of carbonyl (C=O) groups is 1. The maximum absolute atomic E-state index is 11.8. The number of hydrogen-bond acceptors (Lipinski definition) is 1. The summed E-state index contributed by atoms with van der Waals surface area (Å²) < 4.78 is 0. The van der Waals surface area contributed by atoms with Crippen molar-refractivity contribution in [2.24, 2.45) is 0 Å². The van der Waals surface area contributed by atoms with Crippen LogP contribution in [0.4, 0.5) is 0 Å². The third-order valence-corrected chi connectivity index (χ3v) is 6.00. The van der Waals surface area contributed by atoms with Gasteiger partial charge in [0.05, 0.1) is 6.04 Å². The Hall–Kier alpha value is -3.13. The molecular weight excluding hydrogens is 342 g/mol. The fourth-order valence-electron chi connectivity index (χ4n) is 4.69. The van der Waals surface area contributed by atoms with E-state index >= 15 is 0 Å². The van der Waals surface area contributed by atoms with Gasteiger partial charge in [0.2, 0.25) is 5.91 Å². The lowest BCUT2D eigenvalue weighted by molar-refractivity contribution is -0.119. The molecule has 1 N–H and O–H groups in total. The van der Waals surface area contributed by atoms with Gasteiger partial charge < -0.3 is 5.32 Å². The molecule has 0 bridgehead atoms. The number of nitrogens with one attached hydrogen (secondary N) is 1. The molecule has 28 heavy (non-hydrogen) atoms. The van der Waals surface area contributed by atoms with Crippen LogP contribution in [0, 0.1) is 0 Å². The highest BCUT2D eigenvalue weighted by Crippen LogP contribution is 2.43. The zero-order chi connectivity index (χ0) is 19.1. The summed E-state index contributed by atoms with van der Waals surface area (Å²) >= 11 is 0. The van der Waals surface area contributed by atoms with Crippen molar-refractivity contribution in [1.82, 2.24) is 5.32 Å². The van der Waals surface area contributed by atoms with E-state index in [0.29, 0.717) is 5.92 Å². The van der Waals surface area contributed by atoms with E-state index in [2.05, 4.69) is 84.2 Å². The van der Waals surface area contributed by atoms with E-state index in [4.69, 9.17) is 0 Å². The summed E-state index contributed by atoms with van der Waals surface area (Å²) in [6.07, 6.45) is 2.00. The molecule has 0 radical (unpaired) electrons. The third kappa shape index (κ3) is 2.95. The van der Waals surface area contributed by atoms with Gasteiger partial charge in [-0.05, 0) is 57.1 Å². The minimum atomic E-state index is 0.0354. The van der Waals surface area contributed by atoms with Crippen molar-refractivity contribution in [1.29, 1.82) is 0 Å². The highest BCUT2D eigenvalue weighted by molar-refractivity contribution is 5.86. The van der Waals surface area contributed by atoms with Crippen molar-refractivity contribution in [3.8, 4) is 0 Å². The number of benzene rings is 4. The van der Waals surface area contributed by atoms with Crippen LogP contribution in [0.2, 0.25) is 0 Å². The first-order valence-corrected chi connectivity index (χ1v) is 9.97. The van der Waals surface area contributed by atoms with Gasteiger partial charge in [-0.2, -0.15) is 0 Å². The maximum Gasteiger partial charge on any atom is 0.217 e. The lowest BCUT2D eigenvalue weighted by atomic mass is 9.75. The second-order valence-corrected chi connectivity index (χ2v) is 7.82. The number of hydrogen-bond donors (Lipinski definition) is 1. The van der Waals surface area contributed by atoms with Gasteiger partial charge in [0.15, 0.2) is 0 Å². The van der Waals surface area contributed by atoms with Gasteiger partial charge in [-0.3, -0.25) is 4.79 Å². The Balaban J connectivity index is 1.67. The van der Waals surface area contributed by atoms with Crippen molar-refractivity contribution in [3.63, 3.8) is 0 Å². The van der Waals surface area contributed by atoms with Gasteiger partial charge in [0.25, 0.3) is 0 Å². The molecule has 1 aliphatic carbocycles. The first-order valence-electron chi connectivity index (χ1n) is 9.97. The molecule has 5 rings (SSSR count). The van der Waals surface area contributed by atoms with Crippen LogP contribution in [0.15, 0.2) is 78.9 Å². The van der Waals surface area contributed by atoms with E-state index in [1.807, 2.05) is 0 Å². The topological polar surface area (TPSA) is 29.1 Å². The highest BCUT2D eigenvalue weighted by atomic mass is 16.1. The van der Waals surface area contributed by atoms with E-state index in [-0.39, 0.29) is 11.9 Å². The molecule has 4 aromatic rings. The predicted octanol–water partition coefficient (Wildman–Crippen LogP) is 6.10. The number of rotatable bonds is 2. The van der Waals surface area contributed by atoms with Crippen LogP contribution in [0.25, 0.3) is 21.5 Å². The van der Waals surface area contributed by atoms with Crippen LogP contribution in [-0.4, -0.2) is 5.91 Å². The zero-order valence-corrected chi connectivity index (χ0v) is 16.0. The molecule has 1 aliphatic rings. The molecule has 4 aromatic carbocycles. The Labute approximate surface area is 165 Å². The van der Waals surface area contributed by atoms with Gasteiger partial charge in [0.1, 0.15) is 0 Å². The Morgan fingerprint density at radius 3 is 2.04 bits per heavy atom. The summed E-state index contributed by atoms with van der Waals surface area (Å²) in [6.45, 7) is 1.61. The quantitative estimate of drug-likeness (QED) is 0.457. The second-order valence-electron chi connectivity index (χ2n) is 7.82. The fourth-order valence-corrected chi connectivity index (χ4v) is 4.69. The summed E-state index contributed by atoms with van der Waals surface area (Å²) in [7, 11) is 0. The summed E-state index contributed by atoms with van der Waals surface area (Å²) in [5.74, 6) is 0.391. The Morgan fingerprint density at radius 2 is 1.36 bits per heavy atom. The number of amides is 1. The molecule has 2 nitrogen and oxygen atoms in total. The summed E-state index contributed by atoms with van der Waals surface area (Å²) in [5, 5.41) is 8.22. The molecule has 0 saturated carbocycles. The SMILES string of the molecule is CC(=O)N[C@H]1CC[C@@H](c2ccc3ccccc3c2)c2cc3ccccc3cc21. The van der Waals surface area contributed by atoms with Gasteiger partial charge in [-0.1, -0.05) is 72.8 Å². The van der Waals surface area contributed by atoms with Crippen molar-refractivity contribution in [3.05, 3.63) is 95.6 Å². The second kappa shape index (κ2) is 6.79. The van der Waals surface area contributed by atoms with Crippen molar-refractivity contribution >= 4 is 27.5 Å². The van der Waals surface area contributed by atoms with Crippen LogP contribution in [-0.2, 0) is 4.79 Å². The molecule has 0 aromatic heterocycles. The molecular formula is C26H23NO. The number of carbonyl (C=O) groups excluding carboxylic acids is 1. The summed E-state index contributed by atoms with van der Waals surface area (Å²) in [5.41, 5.74) is 3.97. The average molecular weight is 365 g/mol. The first kappa shape index (κ1) is 17.0. The maximum atomic E-state index is 11.8. The molecule has 138 valence electrons. The smallest absolute Gasteiger partial charge is 0.217 e. The van der Waals surface area contributed by atoms with E-state index in [1.54, 1.807) is 6.92 Å². The molecule has 0 spiro atoms. The largest absolute Gasteiger partial charge is 0.350 e. The standard InChI is InChI=1S/C26H23NO/c1-17(28)27-26-13-12-23(22-11-10-18-6-2-3-7-19(18)14-22)24-15-20-8-4-5-9-21(20)16-25(24)26/h2-11,14-16,23,26H,12-13H2,1H3,(H,27,28)/t23-,26-/m0/s1. The van der Waals surface area contributed by atoms with Crippen LogP contribution in [0.5, 0.6) is 0 Å². The van der Waals surface area contributed by atoms with Gasteiger partial charge in [0, 0.05) is 12.8 Å².